The second-order valence-electron chi connectivity index (χ2n) is 9.76. The smallest absolute Gasteiger partial charge is 0.317 e. The van der Waals surface area contributed by atoms with Gasteiger partial charge in [0.05, 0.1) is 43.7 Å². The number of amides is 1. The van der Waals surface area contributed by atoms with E-state index in [1.807, 2.05) is 30.3 Å². The van der Waals surface area contributed by atoms with E-state index in [1.165, 1.54) is 0 Å². The largest absolute Gasteiger partial charge is 0.497 e. The van der Waals surface area contributed by atoms with Gasteiger partial charge in [-0.15, -0.1) is 0 Å². The standard InChI is InChI=1S/C31H37N7O5/c1-42-24-15-23(16-25(18-24)43-2)38(13-5-10-33-20-30(39)40)22-6-7-26-27(17-22)37-29(19-36-26)21-8-12-34-28(14-21)31(41)35-11-4-3-9-32/h6-8,12,14-19,33H,3-5,9-11,13,20,32H2,1-2H3,(H,35,41)(H,39,40). The van der Waals surface area contributed by atoms with Gasteiger partial charge in [0.25, 0.3) is 5.91 Å². The third-order valence-corrected chi connectivity index (χ3v) is 6.70. The predicted molar refractivity (Wildman–Crippen MR) is 165 cm³/mol. The summed E-state index contributed by atoms with van der Waals surface area (Å²) in [6.07, 6.45) is 5.58. The van der Waals surface area contributed by atoms with Crippen molar-refractivity contribution in [1.29, 1.82) is 0 Å². The summed E-state index contributed by atoms with van der Waals surface area (Å²) in [7, 11) is 3.20. The molecule has 0 radical (unpaired) electrons. The third-order valence-electron chi connectivity index (χ3n) is 6.70. The number of hydrogen-bond acceptors (Lipinski definition) is 10. The van der Waals surface area contributed by atoms with Gasteiger partial charge < -0.3 is 35.8 Å². The number of carboxylic acid groups (broad SMARTS) is 1. The zero-order valence-corrected chi connectivity index (χ0v) is 24.4. The number of anilines is 2. The molecule has 1 amide bonds. The maximum Gasteiger partial charge on any atom is 0.317 e. The summed E-state index contributed by atoms with van der Waals surface area (Å²) < 4.78 is 11.0. The van der Waals surface area contributed by atoms with E-state index in [4.69, 9.17) is 25.3 Å². The first kappa shape index (κ1) is 31.1. The lowest BCUT2D eigenvalue weighted by Gasteiger charge is -2.26. The first-order valence-electron chi connectivity index (χ1n) is 14.1. The van der Waals surface area contributed by atoms with Crippen LogP contribution in [0.4, 0.5) is 11.4 Å². The number of unbranched alkanes of at least 4 members (excludes halogenated alkanes) is 1. The first-order chi connectivity index (χ1) is 20.9. The maximum absolute atomic E-state index is 12.6. The Hall–Kier alpha value is -4.81. The van der Waals surface area contributed by atoms with Crippen LogP contribution < -0.4 is 30.7 Å². The Bertz CT molecular complexity index is 1530. The molecular weight excluding hydrogens is 550 g/mol. The van der Waals surface area contributed by atoms with Gasteiger partial charge in [0.15, 0.2) is 0 Å². The molecule has 0 saturated carbocycles. The highest BCUT2D eigenvalue weighted by Crippen LogP contribution is 2.34. The number of nitrogens with zero attached hydrogens (tertiary/aromatic N) is 4. The quantitative estimate of drug-likeness (QED) is 0.142. The fourth-order valence-corrected chi connectivity index (χ4v) is 4.50. The van der Waals surface area contributed by atoms with E-state index < -0.39 is 5.97 Å². The van der Waals surface area contributed by atoms with Gasteiger partial charge in [-0.1, -0.05) is 0 Å². The van der Waals surface area contributed by atoms with E-state index in [0.29, 0.717) is 66.5 Å². The monoisotopic (exact) mass is 587 g/mol. The Morgan fingerprint density at radius 2 is 1.70 bits per heavy atom. The van der Waals surface area contributed by atoms with E-state index in [1.54, 1.807) is 44.8 Å². The van der Waals surface area contributed by atoms with E-state index in [0.717, 1.165) is 29.8 Å². The number of carbonyl (C=O) groups is 2. The van der Waals surface area contributed by atoms with Crippen molar-refractivity contribution in [3.8, 4) is 22.8 Å². The Morgan fingerprint density at radius 3 is 2.42 bits per heavy atom. The zero-order valence-electron chi connectivity index (χ0n) is 24.4. The molecule has 0 spiro atoms. The molecule has 0 saturated heterocycles. The number of rotatable bonds is 16. The zero-order chi connectivity index (χ0) is 30.6. The van der Waals surface area contributed by atoms with Crippen molar-refractivity contribution in [3.63, 3.8) is 0 Å². The number of aliphatic carboxylic acids is 1. The molecule has 0 atom stereocenters. The normalized spacial score (nSPS) is 10.9. The average Bonchev–Trinajstić information content (AvgIpc) is 3.03. The average molecular weight is 588 g/mol. The summed E-state index contributed by atoms with van der Waals surface area (Å²) in [6, 6.07) is 15.0. The molecule has 12 nitrogen and oxygen atoms in total. The molecule has 0 fully saturated rings. The highest BCUT2D eigenvalue weighted by atomic mass is 16.5. The fraction of sp³-hybridized carbons (Fsp3) is 0.323. The summed E-state index contributed by atoms with van der Waals surface area (Å²) in [5, 5.41) is 14.8. The minimum Gasteiger partial charge on any atom is -0.497 e. The van der Waals surface area contributed by atoms with Crippen LogP contribution in [0.2, 0.25) is 0 Å². The summed E-state index contributed by atoms with van der Waals surface area (Å²) >= 11 is 0. The minimum atomic E-state index is -0.900. The number of ether oxygens (including phenoxy) is 2. The number of carboxylic acids is 1. The molecule has 226 valence electrons. The van der Waals surface area contributed by atoms with Gasteiger partial charge >= 0.3 is 5.97 Å². The number of nitrogens with two attached hydrogens (primary N) is 1. The van der Waals surface area contributed by atoms with Gasteiger partial charge in [-0.25, -0.2) is 4.98 Å². The number of benzene rings is 2. The van der Waals surface area contributed by atoms with Crippen LogP contribution in [0.1, 0.15) is 29.8 Å². The molecular formula is C31H37N7O5. The number of pyridine rings is 1. The third kappa shape index (κ3) is 8.60. The Labute approximate surface area is 250 Å². The van der Waals surface area contributed by atoms with Crippen LogP contribution in [0.3, 0.4) is 0 Å². The number of methoxy groups -OCH3 is 2. The number of aromatic nitrogens is 3. The summed E-state index contributed by atoms with van der Waals surface area (Å²) in [6.45, 7) is 2.11. The van der Waals surface area contributed by atoms with Crippen LogP contribution >= 0.6 is 0 Å². The minimum absolute atomic E-state index is 0.103. The molecule has 0 aliphatic carbocycles. The van der Waals surface area contributed by atoms with Gasteiger partial charge in [0.1, 0.15) is 17.2 Å². The van der Waals surface area contributed by atoms with Gasteiger partial charge in [-0.05, 0) is 62.7 Å². The van der Waals surface area contributed by atoms with Crippen LogP contribution in [0, 0.1) is 0 Å². The summed E-state index contributed by atoms with van der Waals surface area (Å²) in [5.41, 5.74) is 10.2. The van der Waals surface area contributed by atoms with Gasteiger partial charge in [-0.2, -0.15) is 0 Å². The summed E-state index contributed by atoms with van der Waals surface area (Å²) in [5.74, 6) is 0.131. The molecule has 4 rings (SSSR count). The molecule has 2 aromatic carbocycles. The van der Waals surface area contributed by atoms with Crippen LogP contribution in [-0.4, -0.2) is 78.9 Å². The van der Waals surface area contributed by atoms with E-state index in [9.17, 15) is 9.59 Å². The lowest BCUT2D eigenvalue weighted by molar-refractivity contribution is -0.135. The maximum atomic E-state index is 12.6. The van der Waals surface area contributed by atoms with Gasteiger partial charge in [-0.3, -0.25) is 19.6 Å². The van der Waals surface area contributed by atoms with Crippen molar-refractivity contribution < 1.29 is 24.2 Å². The lowest BCUT2D eigenvalue weighted by Crippen LogP contribution is -2.27. The Kier molecular flexibility index (Phi) is 11.2. The molecule has 43 heavy (non-hydrogen) atoms. The van der Waals surface area contributed by atoms with Crippen LogP contribution in [0.5, 0.6) is 11.5 Å². The molecule has 0 aliphatic rings. The molecule has 4 aromatic rings. The number of nitrogens with one attached hydrogen (secondary N) is 2. The molecule has 0 bridgehead atoms. The second kappa shape index (κ2) is 15.4. The van der Waals surface area contributed by atoms with Crippen LogP contribution in [0.25, 0.3) is 22.3 Å². The molecule has 2 aromatic heterocycles. The number of carbonyl (C=O) groups excluding carboxylic acids is 1. The molecule has 0 unspecified atom stereocenters. The van der Waals surface area contributed by atoms with Crippen molar-refractivity contribution in [1.82, 2.24) is 25.6 Å². The van der Waals surface area contributed by atoms with E-state index in [2.05, 4.69) is 25.5 Å². The van der Waals surface area contributed by atoms with Crippen LogP contribution in [-0.2, 0) is 4.79 Å². The first-order valence-corrected chi connectivity index (χ1v) is 14.1. The highest BCUT2D eigenvalue weighted by Gasteiger charge is 2.15. The molecule has 12 heteroatoms. The molecule has 2 heterocycles. The highest BCUT2D eigenvalue weighted by molar-refractivity contribution is 5.93. The van der Waals surface area contributed by atoms with Crippen molar-refractivity contribution in [3.05, 3.63) is 66.6 Å². The van der Waals surface area contributed by atoms with Gasteiger partial charge in [0.2, 0.25) is 0 Å². The van der Waals surface area contributed by atoms with Crippen LogP contribution in [0.15, 0.2) is 60.9 Å². The van der Waals surface area contributed by atoms with E-state index >= 15 is 0 Å². The summed E-state index contributed by atoms with van der Waals surface area (Å²) in [4.78, 5) is 39.3. The van der Waals surface area contributed by atoms with E-state index in [-0.39, 0.29) is 12.5 Å². The van der Waals surface area contributed by atoms with Crippen molar-refractivity contribution in [2.24, 2.45) is 5.73 Å². The van der Waals surface area contributed by atoms with Crippen molar-refractivity contribution >= 4 is 34.3 Å². The predicted octanol–water partition coefficient (Wildman–Crippen LogP) is 3.38. The van der Waals surface area contributed by atoms with Crippen molar-refractivity contribution in [2.75, 3.05) is 51.8 Å². The fourth-order valence-electron chi connectivity index (χ4n) is 4.50. The Balaban J connectivity index is 1.64. The molecule has 0 aliphatic heterocycles. The van der Waals surface area contributed by atoms with Gasteiger partial charge in [0, 0.05) is 54.4 Å². The van der Waals surface area contributed by atoms with Crippen molar-refractivity contribution in [2.45, 2.75) is 19.3 Å². The number of fused-ring (bicyclic) bond motifs is 1. The number of hydrogen-bond donors (Lipinski definition) is 4. The lowest BCUT2D eigenvalue weighted by atomic mass is 10.1. The SMILES string of the molecule is COc1cc(OC)cc(N(CCCNCC(=O)O)c2ccc3ncc(-c4ccnc(C(=O)NCCCCN)c4)nc3c2)c1. The Morgan fingerprint density at radius 1 is 0.907 bits per heavy atom. The topological polar surface area (TPSA) is 165 Å². The second-order valence-corrected chi connectivity index (χ2v) is 9.76. The molecule has 5 N–H and O–H groups in total.